The van der Waals surface area contributed by atoms with Crippen LogP contribution < -0.4 is 9.64 Å². The Morgan fingerprint density at radius 3 is 2.28 bits per heavy atom. The molecule has 2 aromatic carbocycles. The van der Waals surface area contributed by atoms with E-state index in [2.05, 4.69) is 4.90 Å². The van der Waals surface area contributed by atoms with Crippen molar-refractivity contribution in [1.29, 1.82) is 0 Å². The smallest absolute Gasteiger partial charge is 0.243 e. The van der Waals surface area contributed by atoms with Gasteiger partial charge in [0.1, 0.15) is 5.75 Å². The van der Waals surface area contributed by atoms with Gasteiger partial charge in [-0.05, 0) is 30.7 Å². The van der Waals surface area contributed by atoms with Gasteiger partial charge in [0, 0.05) is 37.3 Å². The van der Waals surface area contributed by atoms with Crippen molar-refractivity contribution in [2.45, 2.75) is 11.8 Å². The van der Waals surface area contributed by atoms with E-state index < -0.39 is 10.0 Å². The normalized spacial score (nSPS) is 16.0. The average molecular weight is 381 g/mol. The lowest BCUT2D eigenvalue weighted by molar-refractivity contribution is 0.378. The Hall–Kier alpha value is -1.76. The van der Waals surface area contributed by atoms with Crippen LogP contribution in [0.15, 0.2) is 47.4 Å². The molecule has 0 saturated carbocycles. The molecule has 0 N–H and O–H groups in total. The van der Waals surface area contributed by atoms with Crippen molar-refractivity contribution in [2.75, 3.05) is 38.2 Å². The average Bonchev–Trinajstić information content (AvgIpc) is 2.64. The molecule has 3 rings (SSSR count). The van der Waals surface area contributed by atoms with Crippen LogP contribution in [0.2, 0.25) is 5.02 Å². The molecule has 0 atom stereocenters. The molecule has 1 aliphatic heterocycles. The number of nitrogens with zero attached hydrogens (tertiary/aromatic N) is 2. The molecule has 25 heavy (non-hydrogen) atoms. The summed E-state index contributed by atoms with van der Waals surface area (Å²) in [5.41, 5.74) is 1.91. The second-order valence-electron chi connectivity index (χ2n) is 5.98. The SMILES string of the molecule is COc1cc(Cl)c(C)cc1N1CCN(S(=O)(=O)c2ccccc2)CC1. The number of benzene rings is 2. The molecule has 5 nitrogen and oxygen atoms in total. The fourth-order valence-electron chi connectivity index (χ4n) is 2.97. The van der Waals surface area contributed by atoms with Crippen LogP contribution in [-0.2, 0) is 10.0 Å². The number of sulfonamides is 1. The van der Waals surface area contributed by atoms with Gasteiger partial charge >= 0.3 is 0 Å². The fourth-order valence-corrected chi connectivity index (χ4v) is 4.57. The van der Waals surface area contributed by atoms with Gasteiger partial charge in [-0.2, -0.15) is 4.31 Å². The van der Waals surface area contributed by atoms with Crippen LogP contribution in [0.5, 0.6) is 5.75 Å². The number of rotatable bonds is 4. The minimum absolute atomic E-state index is 0.336. The lowest BCUT2D eigenvalue weighted by Gasteiger charge is -2.36. The number of halogens is 1. The van der Waals surface area contributed by atoms with Crippen LogP contribution >= 0.6 is 11.6 Å². The topological polar surface area (TPSA) is 49.9 Å². The summed E-state index contributed by atoms with van der Waals surface area (Å²) in [5, 5.41) is 0.658. The molecule has 1 fully saturated rings. The lowest BCUT2D eigenvalue weighted by Crippen LogP contribution is -2.48. The van der Waals surface area contributed by atoms with E-state index in [4.69, 9.17) is 16.3 Å². The maximum atomic E-state index is 12.7. The number of methoxy groups -OCH3 is 1. The third-order valence-corrected chi connectivity index (χ3v) is 6.74. The van der Waals surface area contributed by atoms with Crippen molar-refractivity contribution in [1.82, 2.24) is 4.31 Å². The number of ether oxygens (including phenoxy) is 1. The zero-order valence-electron chi connectivity index (χ0n) is 14.3. The highest BCUT2D eigenvalue weighted by atomic mass is 35.5. The number of aryl methyl sites for hydroxylation is 1. The first-order chi connectivity index (χ1) is 11.9. The number of piperazine rings is 1. The van der Waals surface area contributed by atoms with Gasteiger partial charge in [0.25, 0.3) is 0 Å². The van der Waals surface area contributed by atoms with Crippen LogP contribution in [0.25, 0.3) is 0 Å². The minimum atomic E-state index is -3.44. The van der Waals surface area contributed by atoms with Gasteiger partial charge in [0.2, 0.25) is 10.0 Å². The van der Waals surface area contributed by atoms with Crippen LogP contribution in [0.1, 0.15) is 5.56 Å². The molecule has 0 unspecified atom stereocenters. The Morgan fingerprint density at radius 1 is 1.04 bits per heavy atom. The monoisotopic (exact) mass is 380 g/mol. The molecule has 0 amide bonds. The summed E-state index contributed by atoms with van der Waals surface area (Å²) in [6, 6.07) is 12.4. The highest BCUT2D eigenvalue weighted by molar-refractivity contribution is 7.89. The first-order valence-electron chi connectivity index (χ1n) is 8.08. The Labute approximate surface area is 153 Å². The van der Waals surface area contributed by atoms with E-state index in [0.717, 1.165) is 11.3 Å². The second kappa shape index (κ2) is 7.23. The summed E-state index contributed by atoms with van der Waals surface area (Å²) in [7, 11) is -1.83. The van der Waals surface area contributed by atoms with E-state index in [1.54, 1.807) is 37.4 Å². The first-order valence-corrected chi connectivity index (χ1v) is 9.89. The van der Waals surface area contributed by atoms with Gasteiger partial charge in [-0.3, -0.25) is 0 Å². The number of anilines is 1. The highest BCUT2D eigenvalue weighted by Crippen LogP contribution is 2.34. The quantitative estimate of drug-likeness (QED) is 0.817. The van der Waals surface area contributed by atoms with E-state index >= 15 is 0 Å². The van der Waals surface area contributed by atoms with E-state index in [0.29, 0.717) is 41.8 Å². The summed E-state index contributed by atoms with van der Waals surface area (Å²) in [5.74, 6) is 0.704. The van der Waals surface area contributed by atoms with Crippen molar-refractivity contribution in [2.24, 2.45) is 0 Å². The standard InChI is InChI=1S/C18H21ClN2O3S/c1-14-12-17(18(24-2)13-16(14)19)20-8-10-21(11-9-20)25(22,23)15-6-4-3-5-7-15/h3-7,12-13H,8-11H2,1-2H3. The largest absolute Gasteiger partial charge is 0.495 e. The second-order valence-corrected chi connectivity index (χ2v) is 8.32. The third kappa shape index (κ3) is 3.61. The third-order valence-electron chi connectivity index (χ3n) is 4.42. The van der Waals surface area contributed by atoms with E-state index in [1.807, 2.05) is 19.1 Å². The minimum Gasteiger partial charge on any atom is -0.495 e. The maximum absolute atomic E-state index is 12.7. The van der Waals surface area contributed by atoms with Crippen molar-refractivity contribution in [3.63, 3.8) is 0 Å². The Morgan fingerprint density at radius 2 is 1.68 bits per heavy atom. The van der Waals surface area contributed by atoms with Gasteiger partial charge in [-0.15, -0.1) is 0 Å². The molecule has 7 heteroatoms. The maximum Gasteiger partial charge on any atom is 0.243 e. The first kappa shape index (κ1) is 18.0. The van der Waals surface area contributed by atoms with Crippen LogP contribution in [0, 0.1) is 6.92 Å². The number of hydrogen-bond acceptors (Lipinski definition) is 4. The van der Waals surface area contributed by atoms with E-state index in [-0.39, 0.29) is 0 Å². The molecule has 0 aromatic heterocycles. The predicted molar refractivity (Wildman–Crippen MR) is 100 cm³/mol. The summed E-state index contributed by atoms with van der Waals surface area (Å²) < 4.78 is 32.4. The van der Waals surface area contributed by atoms with Crippen molar-refractivity contribution < 1.29 is 13.2 Å². The molecule has 1 saturated heterocycles. The van der Waals surface area contributed by atoms with Gasteiger partial charge in [-0.25, -0.2) is 8.42 Å². The van der Waals surface area contributed by atoms with Gasteiger partial charge in [-0.1, -0.05) is 29.8 Å². The van der Waals surface area contributed by atoms with E-state index in [1.165, 1.54) is 4.31 Å². The molecule has 0 bridgehead atoms. The summed E-state index contributed by atoms with van der Waals surface area (Å²) in [6.45, 7) is 4.01. The Balaban J connectivity index is 1.78. The Kier molecular flexibility index (Phi) is 5.22. The van der Waals surface area contributed by atoms with Crippen molar-refractivity contribution >= 4 is 27.3 Å². The van der Waals surface area contributed by atoms with Crippen LogP contribution in [0.4, 0.5) is 5.69 Å². The summed E-state index contributed by atoms with van der Waals surface area (Å²) >= 11 is 6.17. The van der Waals surface area contributed by atoms with Gasteiger partial charge in [0.05, 0.1) is 17.7 Å². The summed E-state index contributed by atoms with van der Waals surface area (Å²) in [6.07, 6.45) is 0. The van der Waals surface area contributed by atoms with Crippen LogP contribution in [-0.4, -0.2) is 46.0 Å². The van der Waals surface area contributed by atoms with Crippen molar-refractivity contribution in [3.05, 3.63) is 53.1 Å². The zero-order chi connectivity index (χ0) is 18.0. The molecule has 2 aromatic rings. The summed E-state index contributed by atoms with van der Waals surface area (Å²) in [4.78, 5) is 2.47. The Bertz CT molecular complexity index is 848. The predicted octanol–water partition coefficient (Wildman–Crippen LogP) is 3.17. The zero-order valence-corrected chi connectivity index (χ0v) is 15.8. The van der Waals surface area contributed by atoms with Crippen molar-refractivity contribution in [3.8, 4) is 5.75 Å². The molecule has 134 valence electrons. The molecule has 0 aliphatic carbocycles. The van der Waals surface area contributed by atoms with Gasteiger partial charge in [0.15, 0.2) is 0 Å². The molecular formula is C18H21ClN2O3S. The fraction of sp³-hybridized carbons (Fsp3) is 0.333. The molecule has 0 spiro atoms. The molecule has 0 radical (unpaired) electrons. The highest BCUT2D eigenvalue weighted by Gasteiger charge is 2.29. The van der Waals surface area contributed by atoms with E-state index in [9.17, 15) is 8.42 Å². The van der Waals surface area contributed by atoms with Crippen LogP contribution in [0.3, 0.4) is 0 Å². The molecular weight excluding hydrogens is 360 g/mol. The van der Waals surface area contributed by atoms with Gasteiger partial charge < -0.3 is 9.64 Å². The molecule has 1 heterocycles. The lowest BCUT2D eigenvalue weighted by atomic mass is 10.1. The molecule has 1 aliphatic rings. The number of hydrogen-bond donors (Lipinski definition) is 0.